The lowest BCUT2D eigenvalue weighted by Crippen LogP contribution is -2.36. The van der Waals surface area contributed by atoms with Crippen LogP contribution in [0, 0.1) is 6.92 Å². The Balaban J connectivity index is 1.87. The van der Waals surface area contributed by atoms with E-state index in [0.29, 0.717) is 6.04 Å². The Hall–Kier alpha value is -0.840. The molecule has 0 aliphatic carbocycles. The largest absolute Gasteiger partial charge is 0.465 e. The molecule has 114 valence electrons. The van der Waals surface area contributed by atoms with E-state index in [1.54, 1.807) is 0 Å². The van der Waals surface area contributed by atoms with E-state index in [-0.39, 0.29) is 0 Å². The number of nitrogens with zero attached hydrogens (tertiary/aromatic N) is 1. The normalized spacial score (nSPS) is 17.0. The van der Waals surface area contributed by atoms with Crippen LogP contribution in [0.25, 0.3) is 0 Å². The van der Waals surface area contributed by atoms with E-state index in [1.807, 2.05) is 0 Å². The molecule has 0 unspecified atom stereocenters. The Morgan fingerprint density at radius 1 is 1.35 bits per heavy atom. The van der Waals surface area contributed by atoms with Crippen LogP contribution >= 0.6 is 0 Å². The summed E-state index contributed by atoms with van der Waals surface area (Å²) < 4.78 is 11.3. The minimum Gasteiger partial charge on any atom is -0.465 e. The van der Waals surface area contributed by atoms with Crippen LogP contribution in [0.15, 0.2) is 10.5 Å². The highest BCUT2D eigenvalue weighted by atomic mass is 16.5. The van der Waals surface area contributed by atoms with Crippen LogP contribution < -0.4 is 5.32 Å². The molecule has 0 spiro atoms. The van der Waals surface area contributed by atoms with Gasteiger partial charge in [-0.2, -0.15) is 0 Å². The highest BCUT2D eigenvalue weighted by Crippen LogP contribution is 2.19. The zero-order chi connectivity index (χ0) is 14.4. The Morgan fingerprint density at radius 3 is 2.80 bits per heavy atom. The van der Waals surface area contributed by atoms with Crippen molar-refractivity contribution in [1.82, 2.24) is 10.2 Å². The lowest BCUT2D eigenvalue weighted by Gasteiger charge is -2.30. The van der Waals surface area contributed by atoms with Gasteiger partial charge < -0.3 is 14.5 Å². The fraction of sp³-hybridized carbons (Fsp3) is 0.750. The number of hydrogen-bond acceptors (Lipinski definition) is 4. The standard InChI is InChI=1S/C16H28N2O2/c1-4-7-17-11-14-10-16(20-13(14)2)12-18(3)15-5-8-19-9-6-15/h10,15,17H,4-9,11-12H2,1-3H3. The maximum Gasteiger partial charge on any atom is 0.118 e. The Kier molecular flexibility index (Phi) is 6.07. The summed E-state index contributed by atoms with van der Waals surface area (Å²) >= 11 is 0. The molecule has 1 fully saturated rings. The summed E-state index contributed by atoms with van der Waals surface area (Å²) in [5.74, 6) is 2.12. The van der Waals surface area contributed by atoms with Crippen LogP contribution in [-0.4, -0.2) is 37.7 Å². The van der Waals surface area contributed by atoms with E-state index in [4.69, 9.17) is 9.15 Å². The SMILES string of the molecule is CCCNCc1cc(CN(C)C2CCOCC2)oc1C. The zero-order valence-corrected chi connectivity index (χ0v) is 13.1. The summed E-state index contributed by atoms with van der Waals surface area (Å²) in [4.78, 5) is 2.39. The monoisotopic (exact) mass is 280 g/mol. The summed E-state index contributed by atoms with van der Waals surface area (Å²) in [6.07, 6.45) is 3.42. The minimum absolute atomic E-state index is 0.621. The van der Waals surface area contributed by atoms with Gasteiger partial charge >= 0.3 is 0 Å². The molecule has 0 bridgehead atoms. The second kappa shape index (κ2) is 7.81. The molecule has 2 rings (SSSR count). The van der Waals surface area contributed by atoms with Crippen molar-refractivity contribution in [3.8, 4) is 0 Å². The van der Waals surface area contributed by atoms with Gasteiger partial charge in [-0.1, -0.05) is 6.92 Å². The number of furan rings is 1. The zero-order valence-electron chi connectivity index (χ0n) is 13.1. The van der Waals surface area contributed by atoms with Gasteiger partial charge in [0.2, 0.25) is 0 Å². The summed E-state index contributed by atoms with van der Waals surface area (Å²) in [6, 6.07) is 2.82. The molecule has 1 saturated heterocycles. The molecule has 2 heterocycles. The van der Waals surface area contributed by atoms with Crippen LogP contribution in [-0.2, 0) is 17.8 Å². The average Bonchev–Trinajstić information content (AvgIpc) is 2.80. The lowest BCUT2D eigenvalue weighted by atomic mass is 10.1. The van der Waals surface area contributed by atoms with E-state index >= 15 is 0 Å². The van der Waals surface area contributed by atoms with Crippen molar-refractivity contribution in [1.29, 1.82) is 0 Å². The first-order chi connectivity index (χ1) is 9.70. The summed E-state index contributed by atoms with van der Waals surface area (Å²) in [7, 11) is 2.18. The summed E-state index contributed by atoms with van der Waals surface area (Å²) in [6.45, 7) is 8.87. The fourth-order valence-electron chi connectivity index (χ4n) is 2.74. The number of rotatable bonds is 7. The molecule has 0 radical (unpaired) electrons. The minimum atomic E-state index is 0.621. The predicted molar refractivity (Wildman–Crippen MR) is 80.8 cm³/mol. The number of hydrogen-bond donors (Lipinski definition) is 1. The third kappa shape index (κ3) is 4.33. The Labute approximate surface area is 122 Å². The van der Waals surface area contributed by atoms with Crippen molar-refractivity contribution in [3.05, 3.63) is 23.2 Å². The quantitative estimate of drug-likeness (QED) is 0.779. The summed E-state index contributed by atoms with van der Waals surface area (Å²) in [5.41, 5.74) is 1.29. The first-order valence-corrected chi connectivity index (χ1v) is 7.77. The molecule has 0 aromatic carbocycles. The number of ether oxygens (including phenoxy) is 1. The van der Waals surface area contributed by atoms with E-state index in [9.17, 15) is 0 Å². The van der Waals surface area contributed by atoms with Crippen molar-refractivity contribution in [2.24, 2.45) is 0 Å². The molecule has 0 saturated carbocycles. The predicted octanol–water partition coefficient (Wildman–Crippen LogP) is 2.70. The third-order valence-corrected chi connectivity index (χ3v) is 4.03. The van der Waals surface area contributed by atoms with Crippen LogP contribution in [0.1, 0.15) is 43.3 Å². The van der Waals surface area contributed by atoms with E-state index < -0.39 is 0 Å². The highest BCUT2D eigenvalue weighted by Gasteiger charge is 2.19. The molecule has 4 heteroatoms. The van der Waals surface area contributed by atoms with Crippen LogP contribution in [0.2, 0.25) is 0 Å². The second-order valence-electron chi connectivity index (χ2n) is 5.73. The molecule has 1 aliphatic heterocycles. The van der Waals surface area contributed by atoms with E-state index in [2.05, 4.69) is 37.2 Å². The topological polar surface area (TPSA) is 37.6 Å². The van der Waals surface area contributed by atoms with Crippen LogP contribution in [0.5, 0.6) is 0 Å². The van der Waals surface area contributed by atoms with Crippen molar-refractivity contribution in [2.45, 2.75) is 52.2 Å². The maximum absolute atomic E-state index is 5.89. The molecule has 0 atom stereocenters. The first-order valence-electron chi connectivity index (χ1n) is 7.77. The molecule has 1 N–H and O–H groups in total. The van der Waals surface area contributed by atoms with E-state index in [0.717, 1.165) is 63.6 Å². The Morgan fingerprint density at radius 2 is 2.10 bits per heavy atom. The molecular weight excluding hydrogens is 252 g/mol. The van der Waals surface area contributed by atoms with Crippen molar-refractivity contribution < 1.29 is 9.15 Å². The number of aryl methyl sites for hydroxylation is 1. The highest BCUT2D eigenvalue weighted by molar-refractivity contribution is 5.20. The molecule has 0 amide bonds. The number of nitrogens with one attached hydrogen (secondary N) is 1. The van der Waals surface area contributed by atoms with Gasteiger partial charge in [0.15, 0.2) is 0 Å². The van der Waals surface area contributed by atoms with Crippen molar-refractivity contribution >= 4 is 0 Å². The van der Waals surface area contributed by atoms with Gasteiger partial charge in [0.05, 0.1) is 6.54 Å². The van der Waals surface area contributed by atoms with Crippen LogP contribution in [0.4, 0.5) is 0 Å². The van der Waals surface area contributed by atoms with Crippen molar-refractivity contribution in [3.63, 3.8) is 0 Å². The van der Waals surface area contributed by atoms with E-state index in [1.165, 1.54) is 5.56 Å². The molecule has 1 aromatic heterocycles. The van der Waals surface area contributed by atoms with Gasteiger partial charge in [0, 0.05) is 31.4 Å². The molecule has 1 aliphatic rings. The van der Waals surface area contributed by atoms with Gasteiger partial charge in [-0.15, -0.1) is 0 Å². The Bertz CT molecular complexity index is 397. The second-order valence-corrected chi connectivity index (χ2v) is 5.73. The lowest BCUT2D eigenvalue weighted by molar-refractivity contribution is 0.0387. The van der Waals surface area contributed by atoms with Gasteiger partial charge in [0.25, 0.3) is 0 Å². The molecule has 20 heavy (non-hydrogen) atoms. The summed E-state index contributed by atoms with van der Waals surface area (Å²) in [5, 5.41) is 3.43. The smallest absolute Gasteiger partial charge is 0.118 e. The third-order valence-electron chi connectivity index (χ3n) is 4.03. The van der Waals surface area contributed by atoms with Crippen molar-refractivity contribution in [2.75, 3.05) is 26.8 Å². The molecular formula is C16H28N2O2. The van der Waals surface area contributed by atoms with Gasteiger partial charge in [0.1, 0.15) is 11.5 Å². The first kappa shape index (κ1) is 15.5. The molecule has 1 aromatic rings. The van der Waals surface area contributed by atoms with Gasteiger partial charge in [-0.25, -0.2) is 0 Å². The van der Waals surface area contributed by atoms with Crippen LogP contribution in [0.3, 0.4) is 0 Å². The molecule has 4 nitrogen and oxygen atoms in total. The van der Waals surface area contributed by atoms with Gasteiger partial charge in [-0.3, -0.25) is 4.90 Å². The average molecular weight is 280 g/mol. The van der Waals surface area contributed by atoms with Gasteiger partial charge in [-0.05, 0) is 45.8 Å². The maximum atomic E-state index is 5.89. The fourth-order valence-corrected chi connectivity index (χ4v) is 2.74.